The van der Waals surface area contributed by atoms with Crippen LogP contribution in [-0.2, 0) is 43.0 Å². The fourth-order valence-electron chi connectivity index (χ4n) is 9.79. The van der Waals surface area contributed by atoms with Crippen LogP contribution in [0, 0.1) is 0 Å². The number of amides is 1. The third-order valence-electron chi connectivity index (χ3n) is 14.1. The number of benzene rings is 3. The van der Waals surface area contributed by atoms with Gasteiger partial charge in [0.2, 0.25) is 0 Å². The van der Waals surface area contributed by atoms with E-state index in [9.17, 15) is 38.8 Å². The van der Waals surface area contributed by atoms with Crippen LogP contribution in [0.3, 0.4) is 0 Å². The normalized spacial score (nSPS) is 14.4. The predicted octanol–water partition coefficient (Wildman–Crippen LogP) is 15.1. The van der Waals surface area contributed by atoms with Crippen molar-refractivity contribution in [2.24, 2.45) is 0 Å². The molecule has 2 heterocycles. The quantitative estimate of drug-likeness (QED) is 0.0137. The van der Waals surface area contributed by atoms with Gasteiger partial charge in [-0.2, -0.15) is 0 Å². The first kappa shape index (κ1) is 63.4. The van der Waals surface area contributed by atoms with E-state index in [1.54, 1.807) is 18.2 Å². The van der Waals surface area contributed by atoms with E-state index < -0.39 is 56.6 Å². The van der Waals surface area contributed by atoms with Crippen LogP contribution >= 0.6 is 7.82 Å². The van der Waals surface area contributed by atoms with Crippen molar-refractivity contribution in [2.75, 3.05) is 26.4 Å². The molecular formula is C62H88NO14P. The topological polar surface area (TPSA) is 213 Å². The summed E-state index contributed by atoms with van der Waals surface area (Å²) in [7, 11) is -4.76. The minimum Gasteiger partial charge on any atom is -0.508 e. The number of nitrogens with one attached hydrogen (secondary N) is 1. The van der Waals surface area contributed by atoms with Gasteiger partial charge in [-0.05, 0) is 101 Å². The zero-order valence-electron chi connectivity index (χ0n) is 46.5. The number of phenols is 2. The summed E-state index contributed by atoms with van der Waals surface area (Å²) >= 11 is 0. The Morgan fingerprint density at radius 3 is 1.60 bits per heavy atom. The van der Waals surface area contributed by atoms with E-state index in [1.165, 1.54) is 113 Å². The van der Waals surface area contributed by atoms with E-state index in [0.29, 0.717) is 29.5 Å². The molecule has 2 atom stereocenters. The van der Waals surface area contributed by atoms with Crippen molar-refractivity contribution >= 4 is 31.6 Å². The first-order chi connectivity index (χ1) is 37.9. The Morgan fingerprint density at radius 1 is 0.603 bits per heavy atom. The number of fused-ring (bicyclic) bond motifs is 6. The summed E-state index contributed by atoms with van der Waals surface area (Å²) in [5.41, 5.74) is -0.0443. The molecule has 0 fully saturated rings. The van der Waals surface area contributed by atoms with Gasteiger partial charge in [-0.15, -0.1) is 0 Å². The number of rotatable bonds is 41. The second-order valence-corrected chi connectivity index (χ2v) is 22.1. The molecule has 15 nitrogen and oxygen atoms in total. The fraction of sp³-hybridized carbons (Fsp3) is 0.581. The molecule has 0 radical (unpaired) electrons. The molecule has 16 heteroatoms. The van der Waals surface area contributed by atoms with Gasteiger partial charge in [-0.1, -0.05) is 147 Å². The molecule has 0 saturated carbocycles. The molecule has 2 aliphatic rings. The Bertz CT molecular complexity index is 2380. The van der Waals surface area contributed by atoms with Crippen LogP contribution in [0.4, 0.5) is 0 Å². The highest BCUT2D eigenvalue weighted by atomic mass is 31.2. The monoisotopic (exact) mass is 1100 g/mol. The van der Waals surface area contributed by atoms with Gasteiger partial charge < -0.3 is 39.4 Å². The molecule has 4 N–H and O–H groups in total. The van der Waals surface area contributed by atoms with Crippen molar-refractivity contribution in [1.29, 1.82) is 0 Å². The lowest BCUT2D eigenvalue weighted by Crippen LogP contribution is -2.33. The summed E-state index contributed by atoms with van der Waals surface area (Å²) in [5.74, 6) is -2.09. The summed E-state index contributed by atoms with van der Waals surface area (Å²) in [6, 6.07) is 13.3. The van der Waals surface area contributed by atoms with Gasteiger partial charge >= 0.3 is 25.7 Å². The van der Waals surface area contributed by atoms with Crippen LogP contribution < -0.4 is 10.1 Å². The number of hydrogen-bond donors (Lipinski definition) is 4. The molecule has 430 valence electrons. The van der Waals surface area contributed by atoms with Gasteiger partial charge in [-0.25, -0.2) is 9.36 Å². The first-order valence-electron chi connectivity index (χ1n) is 29.1. The van der Waals surface area contributed by atoms with Gasteiger partial charge in [-0.3, -0.25) is 23.4 Å². The predicted molar refractivity (Wildman–Crippen MR) is 302 cm³/mol. The molecular weight excluding hydrogens is 1010 g/mol. The lowest BCUT2D eigenvalue weighted by molar-refractivity contribution is -0.161. The fourth-order valence-corrected chi connectivity index (χ4v) is 10.5. The molecule has 1 spiro atoms. The van der Waals surface area contributed by atoms with Gasteiger partial charge in [0.25, 0.3) is 5.91 Å². The minimum absolute atomic E-state index is 0.0847. The zero-order chi connectivity index (χ0) is 55.9. The van der Waals surface area contributed by atoms with Crippen LogP contribution in [0.1, 0.15) is 231 Å². The van der Waals surface area contributed by atoms with Crippen molar-refractivity contribution in [2.45, 2.75) is 205 Å². The number of allylic oxidation sites excluding steroid dienone is 4. The Hall–Kier alpha value is -5.47. The third-order valence-corrected chi connectivity index (χ3v) is 15.1. The van der Waals surface area contributed by atoms with Gasteiger partial charge in [0.1, 0.15) is 29.6 Å². The second kappa shape index (κ2) is 35.2. The SMILES string of the molecule is CCCCCCCCC=CCCCCCCCC(=O)OC[C@H](COP(=O)(O)OCCNC(=O)c1ccc2c(c1)C(=O)OC21c2ccc(O)cc2Oc2cc(O)ccc21)OC(=O)CCCCCCCC=CCCCCCCCC. The Labute approximate surface area is 463 Å². The maximum absolute atomic E-state index is 13.5. The average Bonchev–Trinajstić information content (AvgIpc) is 3.92. The summed E-state index contributed by atoms with van der Waals surface area (Å²) in [6.07, 6.45) is 37.6. The number of unbranched alkanes of at least 4 members (excludes halogenated alkanes) is 22. The minimum atomic E-state index is -4.76. The number of phosphoric ester groups is 1. The molecule has 1 unspecified atom stereocenters. The van der Waals surface area contributed by atoms with E-state index in [-0.39, 0.29) is 60.1 Å². The van der Waals surface area contributed by atoms with Crippen LogP contribution in [0.5, 0.6) is 23.0 Å². The molecule has 3 aromatic rings. The van der Waals surface area contributed by atoms with E-state index in [1.807, 2.05) is 0 Å². The smallest absolute Gasteiger partial charge is 0.472 e. The number of hydrogen-bond acceptors (Lipinski definition) is 13. The van der Waals surface area contributed by atoms with E-state index >= 15 is 0 Å². The number of carbonyl (C=O) groups excluding carboxylic acids is 4. The van der Waals surface area contributed by atoms with Crippen molar-refractivity contribution in [3.8, 4) is 23.0 Å². The van der Waals surface area contributed by atoms with E-state index in [4.69, 9.17) is 28.0 Å². The average molecular weight is 1100 g/mol. The third kappa shape index (κ3) is 21.6. The zero-order valence-corrected chi connectivity index (χ0v) is 47.4. The second-order valence-electron chi connectivity index (χ2n) is 20.6. The van der Waals surface area contributed by atoms with Crippen LogP contribution in [0.2, 0.25) is 0 Å². The van der Waals surface area contributed by atoms with E-state index in [2.05, 4.69) is 43.5 Å². The van der Waals surface area contributed by atoms with Crippen LogP contribution in [0.15, 0.2) is 78.9 Å². The molecule has 2 aliphatic heterocycles. The van der Waals surface area contributed by atoms with Gasteiger partial charge in [0, 0.05) is 53.8 Å². The Balaban J connectivity index is 1.05. The Kier molecular flexibility index (Phi) is 28.6. The number of esters is 3. The molecule has 5 rings (SSSR count). The number of phenolic OH excluding ortho intramolecular Hbond substituents is 2. The van der Waals surface area contributed by atoms with Crippen molar-refractivity contribution in [3.05, 3.63) is 107 Å². The van der Waals surface area contributed by atoms with Crippen LogP contribution in [-0.4, -0.2) is 71.4 Å². The van der Waals surface area contributed by atoms with Crippen molar-refractivity contribution in [3.63, 3.8) is 0 Å². The number of ether oxygens (including phenoxy) is 4. The standard InChI is InChI=1S/C62H88NO14P/c1-3-5-7-9-11-13-15-17-19-21-23-25-27-29-31-33-58(66)72-46-51(75-59(67)34-32-30-28-26-24-22-20-18-16-14-12-10-8-6-4-2)47-74-78(70,71)73-42-41-63-60(68)48-35-38-53-52(43-48)61(69)77-62(53)54-39-36-49(64)44-56(54)76-57-45-50(65)37-40-55(57)62/h17-20,35-40,43-45,51,64-65H,3-16,21-34,41-42,46-47H2,1-2H3,(H,63,68)(H,70,71)/t51-/m1/s1. The highest BCUT2D eigenvalue weighted by Gasteiger charge is 2.54. The van der Waals surface area contributed by atoms with Crippen LogP contribution in [0.25, 0.3) is 0 Å². The van der Waals surface area contributed by atoms with Gasteiger partial charge in [0.15, 0.2) is 11.7 Å². The van der Waals surface area contributed by atoms with Crippen molar-refractivity contribution < 1.29 is 66.8 Å². The maximum Gasteiger partial charge on any atom is 0.472 e. The molecule has 0 bridgehead atoms. The lowest BCUT2D eigenvalue weighted by atomic mass is 9.77. The van der Waals surface area contributed by atoms with Crippen molar-refractivity contribution in [1.82, 2.24) is 5.32 Å². The van der Waals surface area contributed by atoms with E-state index in [0.717, 1.165) is 77.0 Å². The molecule has 3 aromatic carbocycles. The Morgan fingerprint density at radius 2 is 1.08 bits per heavy atom. The van der Waals surface area contributed by atoms with Gasteiger partial charge in [0.05, 0.1) is 18.8 Å². The molecule has 0 aromatic heterocycles. The highest BCUT2D eigenvalue weighted by Crippen LogP contribution is 2.57. The molecule has 1 amide bonds. The lowest BCUT2D eigenvalue weighted by Gasteiger charge is -2.36. The number of aromatic hydroxyl groups is 2. The molecule has 0 aliphatic carbocycles. The molecule has 78 heavy (non-hydrogen) atoms. The molecule has 0 saturated heterocycles. The highest BCUT2D eigenvalue weighted by molar-refractivity contribution is 7.47. The summed E-state index contributed by atoms with van der Waals surface area (Å²) in [6.45, 7) is 2.83. The maximum atomic E-state index is 13.5. The first-order valence-corrected chi connectivity index (χ1v) is 30.6. The summed E-state index contributed by atoms with van der Waals surface area (Å²) in [5, 5.41) is 23.0. The summed E-state index contributed by atoms with van der Waals surface area (Å²) < 4.78 is 46.6. The number of carbonyl (C=O) groups is 4. The largest absolute Gasteiger partial charge is 0.508 e. The summed E-state index contributed by atoms with van der Waals surface area (Å²) in [4.78, 5) is 63.2. The number of phosphoric acid groups is 1.